The zero-order valence-electron chi connectivity index (χ0n) is 10.6. The highest BCUT2D eigenvalue weighted by Gasteiger charge is 2.26. The van der Waals surface area contributed by atoms with Crippen LogP contribution in [0.3, 0.4) is 0 Å². The maximum atomic E-state index is 11.9. The number of carbonyl (C=O) groups excluding carboxylic acids is 2. The summed E-state index contributed by atoms with van der Waals surface area (Å²) in [7, 11) is 1.27. The summed E-state index contributed by atoms with van der Waals surface area (Å²) in [6, 6.07) is 5.42. The molecule has 1 unspecified atom stereocenters. The number of para-hydroxylation sites is 1. The van der Waals surface area contributed by atoms with Crippen molar-refractivity contribution in [3.63, 3.8) is 0 Å². The van der Waals surface area contributed by atoms with E-state index in [4.69, 9.17) is 0 Å². The Morgan fingerprint density at radius 1 is 1.28 bits per heavy atom. The highest BCUT2D eigenvalue weighted by molar-refractivity contribution is 5.98. The molecule has 0 aliphatic rings. The van der Waals surface area contributed by atoms with Crippen molar-refractivity contribution >= 4 is 11.9 Å². The number of amides is 1. The predicted molar refractivity (Wildman–Crippen MR) is 66.2 cm³/mol. The van der Waals surface area contributed by atoms with Crippen molar-refractivity contribution in [1.29, 1.82) is 0 Å². The van der Waals surface area contributed by atoms with Crippen molar-refractivity contribution in [2.75, 3.05) is 7.11 Å². The third-order valence-electron chi connectivity index (χ3n) is 2.56. The van der Waals surface area contributed by atoms with Crippen molar-refractivity contribution in [3.8, 4) is 5.75 Å². The number of phenols is 1. The van der Waals surface area contributed by atoms with E-state index in [9.17, 15) is 14.7 Å². The SMILES string of the molecule is COC(=O)C(NC(=O)c1ccccc1O)C(C)C. The van der Waals surface area contributed by atoms with Crippen LogP contribution in [0.25, 0.3) is 0 Å². The van der Waals surface area contributed by atoms with E-state index in [0.717, 1.165) is 0 Å². The Bertz CT molecular complexity index is 442. The second-order valence-electron chi connectivity index (χ2n) is 4.24. The van der Waals surface area contributed by atoms with Crippen LogP contribution in [-0.2, 0) is 9.53 Å². The first-order valence-electron chi connectivity index (χ1n) is 5.64. The van der Waals surface area contributed by atoms with Gasteiger partial charge in [0.15, 0.2) is 0 Å². The van der Waals surface area contributed by atoms with Gasteiger partial charge in [0.25, 0.3) is 5.91 Å². The van der Waals surface area contributed by atoms with Gasteiger partial charge in [-0.3, -0.25) is 4.79 Å². The van der Waals surface area contributed by atoms with Gasteiger partial charge in [0.2, 0.25) is 0 Å². The predicted octanol–water partition coefficient (Wildman–Crippen LogP) is 1.32. The monoisotopic (exact) mass is 251 g/mol. The quantitative estimate of drug-likeness (QED) is 0.791. The first-order valence-corrected chi connectivity index (χ1v) is 5.64. The third-order valence-corrected chi connectivity index (χ3v) is 2.56. The summed E-state index contributed by atoms with van der Waals surface area (Å²) < 4.78 is 4.62. The van der Waals surface area contributed by atoms with Gasteiger partial charge in [0, 0.05) is 0 Å². The van der Waals surface area contributed by atoms with Gasteiger partial charge in [-0.25, -0.2) is 4.79 Å². The third kappa shape index (κ3) is 3.23. The topological polar surface area (TPSA) is 75.6 Å². The molecule has 0 saturated carbocycles. The van der Waals surface area contributed by atoms with Crippen molar-refractivity contribution in [2.24, 2.45) is 5.92 Å². The fourth-order valence-corrected chi connectivity index (χ4v) is 1.51. The van der Waals surface area contributed by atoms with Crippen molar-refractivity contribution < 1.29 is 19.4 Å². The second kappa shape index (κ2) is 6.05. The number of esters is 1. The van der Waals surface area contributed by atoms with Crippen LogP contribution in [0.15, 0.2) is 24.3 Å². The first kappa shape index (κ1) is 14.0. The number of phenolic OH excluding ortho intramolecular Hbond substituents is 1. The number of hydrogen-bond acceptors (Lipinski definition) is 4. The molecule has 5 nitrogen and oxygen atoms in total. The lowest BCUT2D eigenvalue weighted by Gasteiger charge is -2.19. The van der Waals surface area contributed by atoms with E-state index < -0.39 is 17.9 Å². The Balaban J connectivity index is 2.86. The molecule has 5 heteroatoms. The number of benzene rings is 1. The molecule has 0 radical (unpaired) electrons. The lowest BCUT2D eigenvalue weighted by molar-refractivity contribution is -0.144. The zero-order valence-corrected chi connectivity index (χ0v) is 10.6. The van der Waals surface area contributed by atoms with Gasteiger partial charge in [-0.1, -0.05) is 26.0 Å². The largest absolute Gasteiger partial charge is 0.507 e. The van der Waals surface area contributed by atoms with Gasteiger partial charge in [0.1, 0.15) is 11.8 Å². The van der Waals surface area contributed by atoms with Gasteiger partial charge in [-0.2, -0.15) is 0 Å². The van der Waals surface area contributed by atoms with E-state index in [1.807, 2.05) is 0 Å². The molecule has 98 valence electrons. The van der Waals surface area contributed by atoms with Crippen LogP contribution in [0, 0.1) is 5.92 Å². The minimum Gasteiger partial charge on any atom is -0.507 e. The molecule has 18 heavy (non-hydrogen) atoms. The average molecular weight is 251 g/mol. The number of rotatable bonds is 4. The fourth-order valence-electron chi connectivity index (χ4n) is 1.51. The minimum atomic E-state index is -0.734. The molecule has 0 aromatic heterocycles. The van der Waals surface area contributed by atoms with Gasteiger partial charge in [-0.05, 0) is 18.1 Å². The number of aromatic hydroxyl groups is 1. The van der Waals surface area contributed by atoms with Crippen LogP contribution < -0.4 is 5.32 Å². The van der Waals surface area contributed by atoms with E-state index in [-0.39, 0.29) is 17.2 Å². The van der Waals surface area contributed by atoms with Crippen LogP contribution in [-0.4, -0.2) is 30.1 Å². The van der Waals surface area contributed by atoms with E-state index in [0.29, 0.717) is 0 Å². The Morgan fingerprint density at radius 2 is 1.89 bits per heavy atom. The van der Waals surface area contributed by atoms with Gasteiger partial charge >= 0.3 is 5.97 Å². The normalized spacial score (nSPS) is 12.0. The van der Waals surface area contributed by atoms with E-state index in [1.165, 1.54) is 19.2 Å². The Hall–Kier alpha value is -2.04. The standard InChI is InChI=1S/C13H17NO4/c1-8(2)11(13(17)18-3)14-12(16)9-6-4-5-7-10(9)15/h4-8,11,15H,1-3H3,(H,14,16). The summed E-state index contributed by atoms with van der Waals surface area (Å²) in [5.41, 5.74) is 0.132. The zero-order chi connectivity index (χ0) is 13.7. The summed E-state index contributed by atoms with van der Waals surface area (Å²) >= 11 is 0. The summed E-state index contributed by atoms with van der Waals surface area (Å²) in [6.45, 7) is 3.60. The average Bonchev–Trinajstić information content (AvgIpc) is 2.35. The molecule has 1 aromatic carbocycles. The first-order chi connectivity index (χ1) is 8.47. The molecule has 1 aromatic rings. The number of nitrogens with one attached hydrogen (secondary N) is 1. The van der Waals surface area contributed by atoms with Crippen LogP contribution in [0.5, 0.6) is 5.75 Å². The second-order valence-corrected chi connectivity index (χ2v) is 4.24. The van der Waals surface area contributed by atoms with Crippen LogP contribution in [0.4, 0.5) is 0 Å². The number of ether oxygens (including phenoxy) is 1. The smallest absolute Gasteiger partial charge is 0.328 e. The van der Waals surface area contributed by atoms with E-state index >= 15 is 0 Å². The maximum absolute atomic E-state index is 11.9. The van der Waals surface area contributed by atoms with Crippen LogP contribution in [0.2, 0.25) is 0 Å². The Morgan fingerprint density at radius 3 is 2.39 bits per heavy atom. The molecule has 0 fully saturated rings. The van der Waals surface area contributed by atoms with Crippen molar-refractivity contribution in [1.82, 2.24) is 5.32 Å². The summed E-state index contributed by atoms with van der Waals surface area (Å²) in [4.78, 5) is 23.4. The highest BCUT2D eigenvalue weighted by Crippen LogP contribution is 2.16. The van der Waals surface area contributed by atoms with E-state index in [2.05, 4.69) is 10.1 Å². The Labute approximate surface area is 106 Å². The maximum Gasteiger partial charge on any atom is 0.328 e. The van der Waals surface area contributed by atoms with Crippen molar-refractivity contribution in [3.05, 3.63) is 29.8 Å². The number of methoxy groups -OCH3 is 1. The summed E-state index contributed by atoms with van der Waals surface area (Å²) in [5, 5.41) is 12.1. The molecule has 1 amide bonds. The number of hydrogen-bond donors (Lipinski definition) is 2. The molecule has 0 aliphatic heterocycles. The van der Waals surface area contributed by atoms with Gasteiger partial charge in [0.05, 0.1) is 12.7 Å². The molecule has 0 aliphatic carbocycles. The summed E-state index contributed by atoms with van der Waals surface area (Å²) in [5.74, 6) is -1.24. The lowest BCUT2D eigenvalue weighted by atomic mass is 10.0. The molecule has 0 bridgehead atoms. The molecule has 0 saturated heterocycles. The minimum absolute atomic E-state index is 0.104. The molecule has 0 heterocycles. The number of carbonyl (C=O) groups is 2. The van der Waals surface area contributed by atoms with Crippen molar-refractivity contribution in [2.45, 2.75) is 19.9 Å². The molecule has 2 N–H and O–H groups in total. The fraction of sp³-hybridized carbons (Fsp3) is 0.385. The van der Waals surface area contributed by atoms with Gasteiger partial charge in [-0.15, -0.1) is 0 Å². The lowest BCUT2D eigenvalue weighted by Crippen LogP contribution is -2.45. The van der Waals surface area contributed by atoms with Gasteiger partial charge < -0.3 is 15.2 Å². The molecule has 1 rings (SSSR count). The summed E-state index contributed by atoms with van der Waals surface area (Å²) in [6.07, 6.45) is 0. The molecular formula is C13H17NO4. The van der Waals surface area contributed by atoms with Crippen LogP contribution >= 0.6 is 0 Å². The van der Waals surface area contributed by atoms with Crippen LogP contribution in [0.1, 0.15) is 24.2 Å². The highest BCUT2D eigenvalue weighted by atomic mass is 16.5. The molecular weight excluding hydrogens is 234 g/mol. The molecule has 1 atom stereocenters. The molecule has 0 spiro atoms. The van der Waals surface area contributed by atoms with E-state index in [1.54, 1.807) is 26.0 Å². The Kier molecular flexibility index (Phi) is 4.71.